The van der Waals surface area contributed by atoms with E-state index in [1.165, 1.54) is 0 Å². The van der Waals surface area contributed by atoms with Crippen molar-refractivity contribution in [2.75, 3.05) is 0 Å². The first-order chi connectivity index (χ1) is 3.21. The molecule has 0 aromatic heterocycles. The lowest BCUT2D eigenvalue weighted by atomic mass is 9.81. The van der Waals surface area contributed by atoms with Crippen molar-refractivity contribution < 1.29 is 0 Å². The predicted octanol–water partition coefficient (Wildman–Crippen LogP) is 0.851. The number of nitrogens with zero attached hydrogens (tertiary/aromatic N) is 2. The molecular formula is C4H5BN2. The van der Waals surface area contributed by atoms with Crippen molar-refractivity contribution in [2.24, 2.45) is 10.2 Å². The van der Waals surface area contributed by atoms with E-state index in [-0.39, 0.29) is 0 Å². The fraction of sp³-hybridized carbons (Fsp3) is 0.500. The monoisotopic (exact) mass is 92.1 g/mol. The molecule has 1 aliphatic heterocycles. The molecule has 2 radical (unpaired) electrons. The van der Waals surface area contributed by atoms with Gasteiger partial charge in [0, 0.05) is 6.20 Å². The van der Waals surface area contributed by atoms with Gasteiger partial charge in [0.05, 0.1) is 5.44 Å². The summed E-state index contributed by atoms with van der Waals surface area (Å²) in [6.07, 6.45) is 3.34. The molecule has 1 aliphatic rings. The summed E-state index contributed by atoms with van der Waals surface area (Å²) in [4.78, 5) is 0. The third-order valence-corrected chi connectivity index (χ3v) is 0.752. The molecule has 0 aliphatic carbocycles. The molecule has 34 valence electrons. The second-order valence-electron chi connectivity index (χ2n) is 1.76. The zero-order valence-corrected chi connectivity index (χ0v) is 4.13. The zero-order valence-electron chi connectivity index (χ0n) is 4.13. The van der Waals surface area contributed by atoms with Gasteiger partial charge in [-0.2, -0.15) is 10.2 Å². The lowest BCUT2D eigenvalue weighted by Crippen LogP contribution is -2.14. The summed E-state index contributed by atoms with van der Waals surface area (Å²) in [5.74, 6) is 0. The van der Waals surface area contributed by atoms with Crippen molar-refractivity contribution in [2.45, 2.75) is 12.4 Å². The average molecular weight is 91.9 g/mol. The molecule has 1 unspecified atom stereocenters. The second kappa shape index (κ2) is 1.19. The van der Waals surface area contributed by atoms with Gasteiger partial charge in [-0.3, -0.25) is 0 Å². The quantitative estimate of drug-likeness (QED) is 0.395. The van der Waals surface area contributed by atoms with Crippen LogP contribution < -0.4 is 0 Å². The zero-order chi connectivity index (χ0) is 5.33. The van der Waals surface area contributed by atoms with E-state index in [0.29, 0.717) is 0 Å². The van der Waals surface area contributed by atoms with E-state index in [0.717, 1.165) is 0 Å². The van der Waals surface area contributed by atoms with E-state index in [2.05, 4.69) is 10.2 Å². The third-order valence-electron chi connectivity index (χ3n) is 0.752. The van der Waals surface area contributed by atoms with Crippen molar-refractivity contribution in [1.29, 1.82) is 0 Å². The molecule has 2 nitrogen and oxygen atoms in total. The molecule has 0 saturated carbocycles. The topological polar surface area (TPSA) is 24.7 Å². The highest BCUT2D eigenvalue weighted by Crippen LogP contribution is 2.12. The van der Waals surface area contributed by atoms with Gasteiger partial charge in [0.2, 0.25) is 0 Å². The first-order valence-corrected chi connectivity index (χ1v) is 2.09. The Morgan fingerprint density at radius 1 is 1.71 bits per heavy atom. The Morgan fingerprint density at radius 2 is 2.43 bits per heavy atom. The van der Waals surface area contributed by atoms with Crippen LogP contribution in [0.25, 0.3) is 0 Å². The normalized spacial score (nSPS) is 37.3. The molecule has 0 spiro atoms. The Balaban J connectivity index is 2.77. The smallest absolute Gasteiger partial charge is 0.115 e. The van der Waals surface area contributed by atoms with Crippen molar-refractivity contribution in [3.05, 3.63) is 12.3 Å². The highest BCUT2D eigenvalue weighted by atomic mass is 15.1. The fourth-order valence-corrected chi connectivity index (χ4v) is 0.375. The van der Waals surface area contributed by atoms with Gasteiger partial charge >= 0.3 is 0 Å². The summed E-state index contributed by atoms with van der Waals surface area (Å²) >= 11 is 0. The summed E-state index contributed by atoms with van der Waals surface area (Å²) in [5.41, 5.74) is -0.528. The van der Waals surface area contributed by atoms with Gasteiger partial charge in [-0.15, -0.1) is 0 Å². The molecular weight excluding hydrogens is 86.9 g/mol. The van der Waals surface area contributed by atoms with E-state index in [1.807, 2.05) is 0 Å². The van der Waals surface area contributed by atoms with Crippen LogP contribution in [0.15, 0.2) is 22.5 Å². The first kappa shape index (κ1) is 4.56. The number of azo groups is 1. The number of hydrogen-bond acceptors (Lipinski definition) is 2. The fourth-order valence-electron chi connectivity index (χ4n) is 0.375. The van der Waals surface area contributed by atoms with Crippen LogP contribution in [0.4, 0.5) is 0 Å². The van der Waals surface area contributed by atoms with Crippen LogP contribution >= 0.6 is 0 Å². The molecule has 0 bridgehead atoms. The minimum absolute atomic E-state index is 0.528. The molecule has 1 rings (SSSR count). The summed E-state index contributed by atoms with van der Waals surface area (Å²) < 4.78 is 0. The molecule has 1 heterocycles. The minimum Gasteiger partial charge on any atom is -0.189 e. The molecule has 0 fully saturated rings. The highest BCUT2D eigenvalue weighted by molar-refractivity contribution is 6.16. The second-order valence-corrected chi connectivity index (χ2v) is 1.76. The van der Waals surface area contributed by atoms with E-state index < -0.39 is 5.44 Å². The maximum atomic E-state index is 5.43. The highest BCUT2D eigenvalue weighted by Gasteiger charge is 2.12. The van der Waals surface area contributed by atoms with Crippen LogP contribution in [0.5, 0.6) is 0 Å². The van der Waals surface area contributed by atoms with Crippen molar-refractivity contribution in [3.63, 3.8) is 0 Å². The molecule has 0 N–H and O–H groups in total. The van der Waals surface area contributed by atoms with E-state index in [4.69, 9.17) is 7.85 Å². The molecule has 1 atom stereocenters. The van der Waals surface area contributed by atoms with Crippen LogP contribution in [-0.4, -0.2) is 13.3 Å². The van der Waals surface area contributed by atoms with E-state index in [9.17, 15) is 0 Å². The van der Waals surface area contributed by atoms with Crippen molar-refractivity contribution >= 4 is 7.85 Å². The lowest BCUT2D eigenvalue weighted by molar-refractivity contribution is 0.807. The summed E-state index contributed by atoms with van der Waals surface area (Å²) in [6, 6.07) is 0. The van der Waals surface area contributed by atoms with Crippen LogP contribution in [0.3, 0.4) is 0 Å². The molecule has 3 heteroatoms. The predicted molar refractivity (Wildman–Crippen MR) is 28.2 cm³/mol. The van der Waals surface area contributed by atoms with Gasteiger partial charge in [-0.05, 0) is 13.0 Å². The maximum Gasteiger partial charge on any atom is 0.115 e. The summed E-state index contributed by atoms with van der Waals surface area (Å²) in [7, 11) is 5.43. The average Bonchev–Trinajstić information content (AvgIpc) is 1.84. The standard InChI is InChI=1S/C4H5BN2/c1-4(5)2-3-6-7-4/h2-3H,1H3. The third kappa shape index (κ3) is 0.887. The van der Waals surface area contributed by atoms with Gasteiger partial charge in [-0.1, -0.05) is 0 Å². The van der Waals surface area contributed by atoms with Gasteiger partial charge in [-0.25, -0.2) is 0 Å². The molecule has 0 amide bonds. The van der Waals surface area contributed by atoms with Gasteiger partial charge in [0.1, 0.15) is 7.85 Å². The van der Waals surface area contributed by atoms with Gasteiger partial charge in [0.25, 0.3) is 0 Å². The van der Waals surface area contributed by atoms with E-state index >= 15 is 0 Å². The Labute approximate surface area is 43.7 Å². The Morgan fingerprint density at radius 3 is 2.57 bits per heavy atom. The SMILES string of the molecule is [B]C1(C)C=CN=N1. The Hall–Kier alpha value is -0.595. The summed E-state index contributed by atoms with van der Waals surface area (Å²) in [5, 5.41) is 7.22. The Kier molecular flexibility index (Phi) is 0.773. The molecule has 0 aromatic carbocycles. The molecule has 0 aromatic rings. The largest absolute Gasteiger partial charge is 0.189 e. The molecule has 0 saturated heterocycles. The lowest BCUT2D eigenvalue weighted by Gasteiger charge is -2.04. The number of rotatable bonds is 0. The van der Waals surface area contributed by atoms with Crippen molar-refractivity contribution in [1.82, 2.24) is 0 Å². The maximum absolute atomic E-state index is 5.43. The van der Waals surface area contributed by atoms with Crippen LogP contribution in [0, 0.1) is 0 Å². The summed E-state index contributed by atoms with van der Waals surface area (Å²) in [6.45, 7) is 1.79. The van der Waals surface area contributed by atoms with Crippen molar-refractivity contribution in [3.8, 4) is 0 Å². The molecule has 7 heavy (non-hydrogen) atoms. The van der Waals surface area contributed by atoms with Crippen LogP contribution in [0.1, 0.15) is 6.92 Å². The van der Waals surface area contributed by atoms with Crippen LogP contribution in [0.2, 0.25) is 0 Å². The number of hydrogen-bond donors (Lipinski definition) is 0. The minimum atomic E-state index is -0.528. The van der Waals surface area contributed by atoms with Crippen LogP contribution in [-0.2, 0) is 0 Å². The van der Waals surface area contributed by atoms with Gasteiger partial charge < -0.3 is 0 Å². The van der Waals surface area contributed by atoms with Gasteiger partial charge in [0.15, 0.2) is 0 Å². The first-order valence-electron chi connectivity index (χ1n) is 2.09. The van der Waals surface area contributed by atoms with E-state index in [1.54, 1.807) is 19.2 Å². The Bertz CT molecular complexity index is 112.